The van der Waals surface area contributed by atoms with E-state index in [0.717, 1.165) is 18.1 Å². The van der Waals surface area contributed by atoms with Crippen molar-refractivity contribution in [2.24, 2.45) is 0 Å². The van der Waals surface area contributed by atoms with Crippen LogP contribution >= 0.6 is 11.8 Å². The van der Waals surface area contributed by atoms with Gasteiger partial charge < -0.3 is 11.1 Å². The molecule has 1 fully saturated rings. The summed E-state index contributed by atoms with van der Waals surface area (Å²) >= 11 is 1.95. The fraction of sp³-hybridized carbons (Fsp3) is 0.692. The first kappa shape index (κ1) is 13.5. The number of nitrogens with one attached hydrogen (secondary N) is 1. The maximum Gasteiger partial charge on any atom is 0.132 e. The number of anilines is 2. The molecular formula is C13H22N4S. The molecule has 0 amide bonds. The van der Waals surface area contributed by atoms with Crippen molar-refractivity contribution < 1.29 is 0 Å². The molecule has 0 spiro atoms. The lowest BCUT2D eigenvalue weighted by molar-refractivity contribution is 0.474. The SMILES string of the molecule is CCc1nc(N)cc(NC2CCCCC2SC)n1. The van der Waals surface area contributed by atoms with Gasteiger partial charge in [0.1, 0.15) is 17.5 Å². The third-order valence-electron chi connectivity index (χ3n) is 3.45. The number of aryl methyl sites for hydroxylation is 1. The number of nitrogen functional groups attached to an aromatic ring is 1. The molecule has 1 aromatic heterocycles. The minimum absolute atomic E-state index is 0.507. The summed E-state index contributed by atoms with van der Waals surface area (Å²) < 4.78 is 0. The summed E-state index contributed by atoms with van der Waals surface area (Å²) in [7, 11) is 0. The van der Waals surface area contributed by atoms with Crippen molar-refractivity contribution in [1.29, 1.82) is 0 Å². The molecule has 2 atom stereocenters. The Morgan fingerprint density at radius 1 is 1.39 bits per heavy atom. The van der Waals surface area contributed by atoms with Gasteiger partial charge in [0, 0.05) is 23.8 Å². The van der Waals surface area contributed by atoms with Gasteiger partial charge in [0.2, 0.25) is 0 Å². The first-order valence-corrected chi connectivity index (χ1v) is 7.94. The highest BCUT2D eigenvalue weighted by Gasteiger charge is 2.24. The molecule has 5 heteroatoms. The lowest BCUT2D eigenvalue weighted by Crippen LogP contribution is -2.34. The molecule has 0 saturated heterocycles. The fourth-order valence-electron chi connectivity index (χ4n) is 2.48. The van der Waals surface area contributed by atoms with E-state index >= 15 is 0 Å². The molecule has 2 unspecified atom stereocenters. The van der Waals surface area contributed by atoms with Gasteiger partial charge in [-0.3, -0.25) is 0 Å². The molecule has 4 nitrogen and oxygen atoms in total. The van der Waals surface area contributed by atoms with Crippen molar-refractivity contribution in [1.82, 2.24) is 9.97 Å². The Balaban J connectivity index is 2.09. The van der Waals surface area contributed by atoms with Gasteiger partial charge in [-0.25, -0.2) is 9.97 Å². The van der Waals surface area contributed by atoms with Crippen molar-refractivity contribution >= 4 is 23.4 Å². The standard InChI is InChI=1S/C13H22N4S/c1-3-12-16-11(14)8-13(17-12)15-9-6-4-5-7-10(9)18-2/h8-10H,3-7H2,1-2H3,(H3,14,15,16,17). The number of hydrogen-bond donors (Lipinski definition) is 2. The maximum absolute atomic E-state index is 5.81. The summed E-state index contributed by atoms with van der Waals surface area (Å²) in [5, 5.41) is 4.23. The predicted molar refractivity (Wildman–Crippen MR) is 79.0 cm³/mol. The topological polar surface area (TPSA) is 63.8 Å². The molecule has 0 radical (unpaired) electrons. The van der Waals surface area contributed by atoms with Crippen LogP contribution in [0.4, 0.5) is 11.6 Å². The summed E-state index contributed by atoms with van der Waals surface area (Å²) in [6, 6.07) is 2.35. The van der Waals surface area contributed by atoms with Gasteiger partial charge in [-0.2, -0.15) is 11.8 Å². The van der Waals surface area contributed by atoms with Gasteiger partial charge in [-0.1, -0.05) is 19.8 Å². The maximum atomic E-state index is 5.81. The molecule has 1 saturated carbocycles. The van der Waals surface area contributed by atoms with Crippen LogP contribution in [0, 0.1) is 0 Å². The Hall–Kier alpha value is -0.970. The smallest absolute Gasteiger partial charge is 0.132 e. The normalized spacial score (nSPS) is 23.9. The minimum Gasteiger partial charge on any atom is -0.384 e. The van der Waals surface area contributed by atoms with Gasteiger partial charge >= 0.3 is 0 Å². The summed E-state index contributed by atoms with van der Waals surface area (Å²) in [5.74, 6) is 2.25. The molecule has 1 aliphatic carbocycles. The number of thioether (sulfide) groups is 1. The Morgan fingerprint density at radius 2 is 2.17 bits per heavy atom. The van der Waals surface area contributed by atoms with Crippen molar-refractivity contribution in [2.75, 3.05) is 17.3 Å². The molecule has 0 aliphatic heterocycles. The Kier molecular flexibility index (Phi) is 4.69. The fourth-order valence-corrected chi connectivity index (χ4v) is 3.42. The van der Waals surface area contributed by atoms with E-state index in [1.54, 1.807) is 0 Å². The van der Waals surface area contributed by atoms with Gasteiger partial charge in [-0.05, 0) is 19.1 Å². The van der Waals surface area contributed by atoms with Crippen molar-refractivity contribution in [3.8, 4) is 0 Å². The molecule has 0 aromatic carbocycles. The van der Waals surface area contributed by atoms with Crippen LogP contribution in [0.5, 0.6) is 0 Å². The zero-order valence-corrected chi connectivity index (χ0v) is 12.0. The van der Waals surface area contributed by atoms with Crippen molar-refractivity contribution in [2.45, 2.75) is 50.3 Å². The number of nitrogens with two attached hydrogens (primary N) is 1. The molecule has 100 valence electrons. The minimum atomic E-state index is 0.507. The van der Waals surface area contributed by atoms with Crippen LogP contribution in [0.25, 0.3) is 0 Å². The molecule has 18 heavy (non-hydrogen) atoms. The molecule has 2 rings (SSSR count). The predicted octanol–water partition coefficient (Wildman–Crippen LogP) is 2.71. The first-order valence-electron chi connectivity index (χ1n) is 6.65. The highest BCUT2D eigenvalue weighted by atomic mass is 32.2. The summed E-state index contributed by atoms with van der Waals surface area (Å²) in [6.07, 6.45) is 8.16. The van der Waals surface area contributed by atoms with Crippen molar-refractivity contribution in [3.05, 3.63) is 11.9 Å². The van der Waals surface area contributed by atoms with Crippen LogP contribution < -0.4 is 11.1 Å². The van der Waals surface area contributed by atoms with Crippen LogP contribution in [0.15, 0.2) is 6.07 Å². The van der Waals surface area contributed by atoms with Crippen LogP contribution in [0.1, 0.15) is 38.4 Å². The first-order chi connectivity index (χ1) is 8.72. The number of aromatic nitrogens is 2. The second kappa shape index (κ2) is 6.27. The van der Waals surface area contributed by atoms with Gasteiger partial charge in [0.25, 0.3) is 0 Å². The summed E-state index contributed by atoms with van der Waals surface area (Å²) in [4.78, 5) is 8.71. The Morgan fingerprint density at radius 3 is 2.89 bits per heavy atom. The van der Waals surface area contributed by atoms with Gasteiger partial charge in [-0.15, -0.1) is 0 Å². The number of hydrogen-bond acceptors (Lipinski definition) is 5. The largest absolute Gasteiger partial charge is 0.384 e. The van der Waals surface area contributed by atoms with Crippen LogP contribution in [-0.4, -0.2) is 27.5 Å². The van der Waals surface area contributed by atoms with Crippen LogP contribution in [0.3, 0.4) is 0 Å². The van der Waals surface area contributed by atoms with E-state index in [0.29, 0.717) is 17.1 Å². The Bertz CT molecular complexity index is 397. The highest BCUT2D eigenvalue weighted by molar-refractivity contribution is 7.99. The van der Waals surface area contributed by atoms with Crippen molar-refractivity contribution in [3.63, 3.8) is 0 Å². The lowest BCUT2D eigenvalue weighted by Gasteiger charge is -2.31. The average Bonchev–Trinajstić information content (AvgIpc) is 2.38. The molecule has 1 aliphatic rings. The zero-order chi connectivity index (χ0) is 13.0. The van der Waals surface area contributed by atoms with E-state index in [2.05, 4.69) is 21.5 Å². The van der Waals surface area contributed by atoms with Gasteiger partial charge in [0.05, 0.1) is 0 Å². The number of nitrogens with zero attached hydrogens (tertiary/aromatic N) is 2. The van der Waals surface area contributed by atoms with E-state index in [1.165, 1.54) is 25.7 Å². The van der Waals surface area contributed by atoms with Gasteiger partial charge in [0.15, 0.2) is 0 Å². The third kappa shape index (κ3) is 3.28. The van der Waals surface area contributed by atoms with E-state index in [4.69, 9.17) is 5.73 Å². The quantitative estimate of drug-likeness (QED) is 0.877. The second-order valence-electron chi connectivity index (χ2n) is 4.76. The van der Waals surface area contributed by atoms with E-state index < -0.39 is 0 Å². The van der Waals surface area contributed by atoms with E-state index in [9.17, 15) is 0 Å². The monoisotopic (exact) mass is 266 g/mol. The molecule has 1 aromatic rings. The molecule has 3 N–H and O–H groups in total. The second-order valence-corrected chi connectivity index (χ2v) is 5.83. The van der Waals surface area contributed by atoms with E-state index in [-0.39, 0.29) is 0 Å². The Labute approximate surface area is 113 Å². The lowest BCUT2D eigenvalue weighted by atomic mass is 9.95. The summed E-state index contributed by atoms with van der Waals surface area (Å²) in [6.45, 7) is 2.05. The third-order valence-corrected chi connectivity index (χ3v) is 4.62. The van der Waals surface area contributed by atoms with E-state index in [1.807, 2.05) is 24.8 Å². The molecule has 0 bridgehead atoms. The average molecular weight is 266 g/mol. The molecule has 1 heterocycles. The van der Waals surface area contributed by atoms with Crippen LogP contribution in [-0.2, 0) is 6.42 Å². The molecular weight excluding hydrogens is 244 g/mol. The summed E-state index contributed by atoms with van der Waals surface area (Å²) in [5.41, 5.74) is 5.81. The van der Waals surface area contributed by atoms with Crippen LogP contribution in [0.2, 0.25) is 0 Å². The zero-order valence-electron chi connectivity index (χ0n) is 11.1. The highest BCUT2D eigenvalue weighted by Crippen LogP contribution is 2.29. The number of rotatable bonds is 4.